The summed E-state index contributed by atoms with van der Waals surface area (Å²) in [6.07, 6.45) is 0.873. The Hall–Kier alpha value is -2.82. The highest BCUT2D eigenvalue weighted by atomic mass is 16.5. The van der Waals surface area contributed by atoms with Crippen LogP contribution in [0.3, 0.4) is 0 Å². The topological polar surface area (TPSA) is 58.6 Å². The number of hydrogen-bond acceptors (Lipinski definition) is 3. The molecule has 136 valence electrons. The third-order valence-corrected chi connectivity index (χ3v) is 4.87. The van der Waals surface area contributed by atoms with Crippen LogP contribution in [0.2, 0.25) is 0 Å². The van der Waals surface area contributed by atoms with E-state index in [0.717, 1.165) is 22.6 Å². The second-order valence-corrected chi connectivity index (χ2v) is 6.69. The lowest BCUT2D eigenvalue weighted by molar-refractivity contribution is -0.126. The molecule has 2 aromatic carbocycles. The van der Waals surface area contributed by atoms with Crippen LogP contribution < -0.4 is 15.0 Å². The summed E-state index contributed by atoms with van der Waals surface area (Å²) in [6, 6.07) is 12.9. The Balaban J connectivity index is 1.60. The number of amides is 2. The van der Waals surface area contributed by atoms with Gasteiger partial charge in [0.1, 0.15) is 11.8 Å². The SMILES string of the molecule is COc1ccc(CC(=O)NC2CCN(c3ccc(C)c(C)c3)C2=O)cc1. The van der Waals surface area contributed by atoms with Gasteiger partial charge in [-0.15, -0.1) is 0 Å². The van der Waals surface area contributed by atoms with E-state index in [1.54, 1.807) is 12.0 Å². The summed E-state index contributed by atoms with van der Waals surface area (Å²) in [5.41, 5.74) is 4.14. The first-order valence-electron chi connectivity index (χ1n) is 8.79. The van der Waals surface area contributed by atoms with Gasteiger partial charge in [-0.3, -0.25) is 9.59 Å². The maximum absolute atomic E-state index is 12.7. The molecular weight excluding hydrogens is 328 g/mol. The van der Waals surface area contributed by atoms with Crippen molar-refractivity contribution in [3.8, 4) is 5.75 Å². The van der Waals surface area contributed by atoms with Crippen LogP contribution >= 0.6 is 0 Å². The minimum Gasteiger partial charge on any atom is -0.497 e. The van der Waals surface area contributed by atoms with Crippen LogP contribution in [0.15, 0.2) is 42.5 Å². The Labute approximate surface area is 154 Å². The van der Waals surface area contributed by atoms with E-state index in [1.165, 1.54) is 5.56 Å². The zero-order valence-electron chi connectivity index (χ0n) is 15.4. The summed E-state index contributed by atoms with van der Waals surface area (Å²) in [5.74, 6) is 0.566. The van der Waals surface area contributed by atoms with Crippen LogP contribution in [0, 0.1) is 13.8 Å². The van der Waals surface area contributed by atoms with Crippen LogP contribution in [-0.2, 0) is 16.0 Å². The predicted molar refractivity (Wildman–Crippen MR) is 102 cm³/mol. The number of ether oxygens (including phenoxy) is 1. The second-order valence-electron chi connectivity index (χ2n) is 6.69. The van der Waals surface area contributed by atoms with E-state index in [2.05, 4.69) is 5.32 Å². The Morgan fingerprint density at radius 1 is 1.15 bits per heavy atom. The summed E-state index contributed by atoms with van der Waals surface area (Å²) >= 11 is 0. The van der Waals surface area contributed by atoms with Crippen molar-refractivity contribution in [3.05, 3.63) is 59.2 Å². The van der Waals surface area contributed by atoms with E-state index in [9.17, 15) is 9.59 Å². The van der Waals surface area contributed by atoms with Crippen LogP contribution in [0.4, 0.5) is 5.69 Å². The fourth-order valence-electron chi connectivity index (χ4n) is 3.14. The lowest BCUT2D eigenvalue weighted by atomic mass is 10.1. The van der Waals surface area contributed by atoms with Gasteiger partial charge in [0.05, 0.1) is 13.5 Å². The number of carbonyl (C=O) groups is 2. The third kappa shape index (κ3) is 3.87. The summed E-state index contributed by atoms with van der Waals surface area (Å²) in [4.78, 5) is 26.7. The number of nitrogens with zero attached hydrogens (tertiary/aromatic N) is 1. The molecule has 5 heteroatoms. The monoisotopic (exact) mass is 352 g/mol. The molecule has 0 aliphatic carbocycles. The molecule has 1 aliphatic heterocycles. The predicted octanol–water partition coefficient (Wildman–Crippen LogP) is 2.78. The smallest absolute Gasteiger partial charge is 0.249 e. The standard InChI is InChI=1S/C21H24N2O3/c1-14-4-7-17(12-15(14)2)23-11-10-19(21(23)25)22-20(24)13-16-5-8-18(26-3)9-6-16/h4-9,12,19H,10-11,13H2,1-3H3,(H,22,24). The van der Waals surface area contributed by atoms with E-state index in [1.807, 2.05) is 56.3 Å². The van der Waals surface area contributed by atoms with Crippen molar-refractivity contribution in [2.45, 2.75) is 32.7 Å². The lowest BCUT2D eigenvalue weighted by Crippen LogP contribution is -2.42. The maximum Gasteiger partial charge on any atom is 0.249 e. The molecule has 26 heavy (non-hydrogen) atoms. The van der Waals surface area contributed by atoms with Gasteiger partial charge >= 0.3 is 0 Å². The molecule has 2 aromatic rings. The molecule has 0 saturated carbocycles. The Morgan fingerprint density at radius 2 is 1.88 bits per heavy atom. The van der Waals surface area contributed by atoms with Crippen LogP contribution in [0.5, 0.6) is 5.75 Å². The fourth-order valence-corrected chi connectivity index (χ4v) is 3.14. The number of rotatable bonds is 5. The van der Waals surface area contributed by atoms with E-state index < -0.39 is 6.04 Å². The number of nitrogens with one attached hydrogen (secondary N) is 1. The molecule has 1 N–H and O–H groups in total. The van der Waals surface area contributed by atoms with Gasteiger partial charge in [0, 0.05) is 12.2 Å². The normalized spacial score (nSPS) is 16.7. The molecule has 0 radical (unpaired) electrons. The van der Waals surface area contributed by atoms with Gasteiger partial charge in [0.2, 0.25) is 11.8 Å². The molecule has 1 unspecified atom stereocenters. The van der Waals surface area contributed by atoms with Crippen molar-refractivity contribution in [1.82, 2.24) is 5.32 Å². The number of benzene rings is 2. The number of aryl methyl sites for hydroxylation is 2. The van der Waals surface area contributed by atoms with Gasteiger partial charge in [-0.05, 0) is 61.2 Å². The van der Waals surface area contributed by atoms with E-state index in [-0.39, 0.29) is 18.2 Å². The summed E-state index contributed by atoms with van der Waals surface area (Å²) in [7, 11) is 1.61. The molecule has 2 amide bonds. The summed E-state index contributed by atoms with van der Waals surface area (Å²) < 4.78 is 5.11. The molecule has 3 rings (SSSR count). The highest BCUT2D eigenvalue weighted by molar-refractivity contribution is 6.01. The van der Waals surface area contributed by atoms with Gasteiger partial charge in [0.25, 0.3) is 0 Å². The first-order valence-corrected chi connectivity index (χ1v) is 8.79. The molecule has 1 saturated heterocycles. The maximum atomic E-state index is 12.7. The Kier molecular flexibility index (Phi) is 5.26. The molecule has 1 fully saturated rings. The van der Waals surface area contributed by atoms with Crippen LogP contribution in [0.1, 0.15) is 23.1 Å². The summed E-state index contributed by atoms with van der Waals surface area (Å²) in [6.45, 7) is 4.70. The zero-order chi connectivity index (χ0) is 18.7. The minimum atomic E-state index is -0.456. The molecule has 1 heterocycles. The zero-order valence-corrected chi connectivity index (χ0v) is 15.4. The minimum absolute atomic E-state index is 0.0451. The number of carbonyl (C=O) groups excluding carboxylic acids is 2. The average molecular weight is 352 g/mol. The number of methoxy groups -OCH3 is 1. The first-order chi connectivity index (χ1) is 12.5. The van der Waals surface area contributed by atoms with Crippen molar-refractivity contribution < 1.29 is 14.3 Å². The molecular formula is C21H24N2O3. The van der Waals surface area contributed by atoms with Gasteiger partial charge < -0.3 is 15.0 Å². The van der Waals surface area contributed by atoms with E-state index in [4.69, 9.17) is 4.74 Å². The largest absolute Gasteiger partial charge is 0.497 e. The quantitative estimate of drug-likeness (QED) is 0.900. The molecule has 0 bridgehead atoms. The Morgan fingerprint density at radius 3 is 2.54 bits per heavy atom. The van der Waals surface area contributed by atoms with Crippen LogP contribution in [0.25, 0.3) is 0 Å². The molecule has 0 spiro atoms. The highest BCUT2D eigenvalue weighted by Gasteiger charge is 2.33. The molecule has 1 atom stereocenters. The van der Waals surface area contributed by atoms with Gasteiger partial charge in [-0.2, -0.15) is 0 Å². The van der Waals surface area contributed by atoms with E-state index in [0.29, 0.717) is 13.0 Å². The fraction of sp³-hybridized carbons (Fsp3) is 0.333. The Bertz CT molecular complexity index is 815. The first kappa shape index (κ1) is 18.0. The van der Waals surface area contributed by atoms with Crippen molar-refractivity contribution >= 4 is 17.5 Å². The van der Waals surface area contributed by atoms with Gasteiger partial charge in [-0.1, -0.05) is 18.2 Å². The van der Waals surface area contributed by atoms with Crippen molar-refractivity contribution in [1.29, 1.82) is 0 Å². The highest BCUT2D eigenvalue weighted by Crippen LogP contribution is 2.24. The molecule has 5 nitrogen and oxygen atoms in total. The summed E-state index contributed by atoms with van der Waals surface area (Å²) in [5, 5.41) is 2.87. The number of anilines is 1. The van der Waals surface area contributed by atoms with Crippen molar-refractivity contribution in [2.24, 2.45) is 0 Å². The van der Waals surface area contributed by atoms with Gasteiger partial charge in [-0.25, -0.2) is 0 Å². The van der Waals surface area contributed by atoms with Crippen molar-refractivity contribution in [3.63, 3.8) is 0 Å². The third-order valence-electron chi connectivity index (χ3n) is 4.87. The van der Waals surface area contributed by atoms with Crippen molar-refractivity contribution in [2.75, 3.05) is 18.6 Å². The molecule has 1 aliphatic rings. The van der Waals surface area contributed by atoms with E-state index >= 15 is 0 Å². The second kappa shape index (κ2) is 7.60. The average Bonchev–Trinajstić information content (AvgIpc) is 2.98. The number of hydrogen-bond donors (Lipinski definition) is 1. The van der Waals surface area contributed by atoms with Gasteiger partial charge in [0.15, 0.2) is 0 Å². The molecule has 0 aromatic heterocycles. The van der Waals surface area contributed by atoms with Crippen LogP contribution in [-0.4, -0.2) is 31.5 Å². The lowest BCUT2D eigenvalue weighted by Gasteiger charge is -2.18.